The lowest BCUT2D eigenvalue weighted by Gasteiger charge is -2.14. The van der Waals surface area contributed by atoms with Crippen molar-refractivity contribution in [3.8, 4) is 62.1 Å². The number of aromatic amines is 1. The Morgan fingerprint density at radius 1 is 0.321 bits per heavy atom. The largest absolute Gasteiger partial charge is 0.354 e. The highest BCUT2D eigenvalue weighted by Gasteiger charge is 2.21. The van der Waals surface area contributed by atoms with Crippen LogP contribution in [0.5, 0.6) is 0 Å². The second-order valence-corrected chi connectivity index (χ2v) is 14.1. The van der Waals surface area contributed by atoms with Gasteiger partial charge in [-0.25, -0.2) is 15.0 Å². The van der Waals surface area contributed by atoms with Gasteiger partial charge in [-0.1, -0.05) is 164 Å². The van der Waals surface area contributed by atoms with E-state index in [0.717, 1.165) is 55.6 Å². The number of nitrogens with one attached hydrogen (secondary N) is 1. The fraction of sp³-hybridized carbons (Fsp3) is 0. The Kier molecular flexibility index (Phi) is 7.42. The van der Waals surface area contributed by atoms with E-state index >= 15 is 0 Å². The molecule has 0 atom stereocenters. The van der Waals surface area contributed by atoms with E-state index in [2.05, 4.69) is 143 Å². The predicted molar refractivity (Wildman–Crippen MR) is 231 cm³/mol. The van der Waals surface area contributed by atoms with E-state index in [1.165, 1.54) is 32.6 Å². The molecule has 0 amide bonds. The molecule has 0 aliphatic carbocycles. The number of para-hydroxylation sites is 4. The number of hydrogen-bond acceptors (Lipinski definition) is 3. The molecule has 8 aromatic carbocycles. The molecule has 0 bridgehead atoms. The van der Waals surface area contributed by atoms with Crippen LogP contribution in [0.3, 0.4) is 0 Å². The number of rotatable bonds is 6. The van der Waals surface area contributed by atoms with Crippen molar-refractivity contribution in [1.29, 1.82) is 0 Å². The quantitative estimate of drug-likeness (QED) is 0.186. The van der Waals surface area contributed by atoms with E-state index < -0.39 is 0 Å². The first-order valence-electron chi connectivity index (χ1n) is 18.9. The van der Waals surface area contributed by atoms with E-state index in [4.69, 9.17) is 15.0 Å². The van der Waals surface area contributed by atoms with Crippen LogP contribution < -0.4 is 0 Å². The highest BCUT2D eigenvalue weighted by atomic mass is 15.0. The van der Waals surface area contributed by atoms with Crippen LogP contribution in [0, 0.1) is 0 Å². The SMILES string of the molecule is c1ccc(-c2nc(-c3ccccc3)nc(-c3cccc(-c4cccc5c6cccc(-c7ccc8c(c7)[nH]c7ccccc78)c6n(-c6ccccc6)c45)c3)n2)cc1. The van der Waals surface area contributed by atoms with Crippen molar-refractivity contribution in [1.82, 2.24) is 24.5 Å². The Bertz CT molecular complexity index is 3180. The van der Waals surface area contributed by atoms with Gasteiger partial charge < -0.3 is 9.55 Å². The average molecular weight is 716 g/mol. The smallest absolute Gasteiger partial charge is 0.164 e. The first-order chi connectivity index (χ1) is 27.8. The van der Waals surface area contributed by atoms with Gasteiger partial charge in [-0.2, -0.15) is 0 Å². The molecule has 3 heterocycles. The van der Waals surface area contributed by atoms with Gasteiger partial charge in [-0.15, -0.1) is 0 Å². The number of hydrogen-bond donors (Lipinski definition) is 1. The van der Waals surface area contributed by atoms with Gasteiger partial charge in [0.2, 0.25) is 0 Å². The maximum Gasteiger partial charge on any atom is 0.164 e. The van der Waals surface area contributed by atoms with Gasteiger partial charge in [0.1, 0.15) is 0 Å². The summed E-state index contributed by atoms with van der Waals surface area (Å²) in [5.41, 5.74) is 13.1. The van der Waals surface area contributed by atoms with Crippen molar-refractivity contribution in [3.63, 3.8) is 0 Å². The molecule has 11 aromatic rings. The Morgan fingerprint density at radius 2 is 0.786 bits per heavy atom. The molecule has 11 rings (SSSR count). The van der Waals surface area contributed by atoms with Gasteiger partial charge in [-0.05, 0) is 41.5 Å². The zero-order chi connectivity index (χ0) is 37.0. The maximum atomic E-state index is 5.05. The third-order valence-electron chi connectivity index (χ3n) is 10.8. The summed E-state index contributed by atoms with van der Waals surface area (Å²) in [6.07, 6.45) is 0. The fourth-order valence-electron chi connectivity index (χ4n) is 8.20. The van der Waals surface area contributed by atoms with Crippen LogP contribution in [0.15, 0.2) is 194 Å². The molecule has 0 radical (unpaired) electrons. The second kappa shape index (κ2) is 13.0. The minimum absolute atomic E-state index is 0.630. The molecule has 3 aromatic heterocycles. The Morgan fingerprint density at radius 3 is 1.43 bits per heavy atom. The first-order valence-corrected chi connectivity index (χ1v) is 18.9. The van der Waals surface area contributed by atoms with Gasteiger partial charge in [-0.3, -0.25) is 0 Å². The molecule has 262 valence electrons. The standard InChI is InChI=1S/C51H33N5/c1-4-15-33(16-5-1)49-53-50(34-17-6-2-7-18-34)55-51(54-49)37-20-12-19-35(31-37)39-24-13-26-43-44-27-14-25-40(48(44)56(47(39)43)38-21-8-3-9-22-38)36-29-30-42-41-23-10-11-28-45(41)52-46(42)32-36/h1-32,52H. The zero-order valence-corrected chi connectivity index (χ0v) is 30.3. The van der Waals surface area contributed by atoms with Crippen LogP contribution in [0.25, 0.3) is 106 Å². The molecule has 0 spiro atoms. The van der Waals surface area contributed by atoms with Gasteiger partial charge in [0, 0.05) is 66.1 Å². The second-order valence-electron chi connectivity index (χ2n) is 14.1. The molecule has 1 N–H and O–H groups in total. The van der Waals surface area contributed by atoms with Crippen molar-refractivity contribution in [2.75, 3.05) is 0 Å². The highest BCUT2D eigenvalue weighted by molar-refractivity contribution is 6.18. The Labute approximate surface area is 323 Å². The Balaban J connectivity index is 1.13. The van der Waals surface area contributed by atoms with E-state index in [0.29, 0.717) is 17.5 Å². The van der Waals surface area contributed by atoms with Crippen LogP contribution in [0.4, 0.5) is 0 Å². The zero-order valence-electron chi connectivity index (χ0n) is 30.3. The summed E-state index contributed by atoms with van der Waals surface area (Å²) in [5, 5.41) is 4.86. The number of fused-ring (bicyclic) bond motifs is 6. The molecule has 5 nitrogen and oxygen atoms in total. The van der Waals surface area contributed by atoms with Crippen LogP contribution >= 0.6 is 0 Å². The monoisotopic (exact) mass is 715 g/mol. The van der Waals surface area contributed by atoms with Crippen LogP contribution in [-0.2, 0) is 0 Å². The third kappa shape index (κ3) is 5.29. The van der Waals surface area contributed by atoms with Gasteiger partial charge in [0.25, 0.3) is 0 Å². The number of aromatic nitrogens is 5. The minimum atomic E-state index is 0.630. The normalized spacial score (nSPS) is 11.6. The summed E-state index contributed by atoms with van der Waals surface area (Å²) in [4.78, 5) is 18.7. The summed E-state index contributed by atoms with van der Waals surface area (Å²) in [6, 6.07) is 68.2. The van der Waals surface area contributed by atoms with Gasteiger partial charge >= 0.3 is 0 Å². The molecule has 0 saturated heterocycles. The van der Waals surface area contributed by atoms with Crippen LogP contribution in [0.1, 0.15) is 0 Å². The lowest BCUT2D eigenvalue weighted by Crippen LogP contribution is -2.00. The van der Waals surface area contributed by atoms with Crippen molar-refractivity contribution >= 4 is 43.6 Å². The lowest BCUT2D eigenvalue weighted by molar-refractivity contribution is 1.07. The fourth-order valence-corrected chi connectivity index (χ4v) is 8.20. The molecular formula is C51H33N5. The highest BCUT2D eigenvalue weighted by Crippen LogP contribution is 2.43. The molecule has 5 heteroatoms. The van der Waals surface area contributed by atoms with Crippen LogP contribution in [-0.4, -0.2) is 24.5 Å². The number of H-pyrrole nitrogens is 1. The topological polar surface area (TPSA) is 59.4 Å². The van der Waals surface area contributed by atoms with Crippen LogP contribution in [0.2, 0.25) is 0 Å². The molecule has 0 aliphatic rings. The van der Waals surface area contributed by atoms with Gasteiger partial charge in [0.15, 0.2) is 17.5 Å². The minimum Gasteiger partial charge on any atom is -0.354 e. The van der Waals surface area contributed by atoms with Gasteiger partial charge in [0.05, 0.1) is 11.0 Å². The predicted octanol–water partition coefficient (Wildman–Crippen LogP) is 12.9. The lowest BCUT2D eigenvalue weighted by atomic mass is 9.98. The maximum absolute atomic E-state index is 5.05. The summed E-state index contributed by atoms with van der Waals surface area (Å²) in [7, 11) is 0. The molecule has 0 saturated carbocycles. The molecule has 0 unspecified atom stereocenters. The molecular weight excluding hydrogens is 683 g/mol. The summed E-state index contributed by atoms with van der Waals surface area (Å²) >= 11 is 0. The van der Waals surface area contributed by atoms with E-state index in [-0.39, 0.29) is 0 Å². The summed E-state index contributed by atoms with van der Waals surface area (Å²) in [6.45, 7) is 0. The number of nitrogens with zero attached hydrogens (tertiary/aromatic N) is 4. The summed E-state index contributed by atoms with van der Waals surface area (Å²) in [5.74, 6) is 1.92. The van der Waals surface area contributed by atoms with E-state index in [1.807, 2.05) is 60.7 Å². The van der Waals surface area contributed by atoms with Crippen molar-refractivity contribution in [2.24, 2.45) is 0 Å². The summed E-state index contributed by atoms with van der Waals surface area (Å²) < 4.78 is 2.45. The van der Waals surface area contributed by atoms with Crippen molar-refractivity contribution < 1.29 is 0 Å². The van der Waals surface area contributed by atoms with Crippen molar-refractivity contribution in [2.45, 2.75) is 0 Å². The molecule has 56 heavy (non-hydrogen) atoms. The van der Waals surface area contributed by atoms with Crippen molar-refractivity contribution in [3.05, 3.63) is 194 Å². The molecule has 0 fully saturated rings. The Hall–Kier alpha value is -7.63. The first kappa shape index (κ1) is 31.9. The van der Waals surface area contributed by atoms with E-state index in [1.54, 1.807) is 0 Å². The molecule has 0 aliphatic heterocycles. The van der Waals surface area contributed by atoms with E-state index in [9.17, 15) is 0 Å². The number of benzene rings is 8. The third-order valence-corrected chi connectivity index (χ3v) is 10.8. The average Bonchev–Trinajstić information content (AvgIpc) is 3.83.